The van der Waals surface area contributed by atoms with E-state index in [4.69, 9.17) is 0 Å². The van der Waals surface area contributed by atoms with Crippen LogP contribution in [0.3, 0.4) is 0 Å². The van der Waals surface area contributed by atoms with Crippen LogP contribution in [0.5, 0.6) is 0 Å². The lowest BCUT2D eigenvalue weighted by Crippen LogP contribution is -2.38. The Kier molecular flexibility index (Phi) is 5.53. The fourth-order valence-electron chi connectivity index (χ4n) is 1.86. The molecule has 2 unspecified atom stereocenters. The minimum atomic E-state index is -1.38. The van der Waals surface area contributed by atoms with Gasteiger partial charge in [0.1, 0.15) is 6.10 Å². The molecule has 0 heterocycles. The molecule has 1 aromatic carbocycles. The largest absolute Gasteiger partial charge is 0.390 e. The standard InChI is InChI=1S/C14H25NO2Si/c1-15-9-8-13(16)14(17)11-6-5-7-12(10-11)18(2,3)4/h5-7,10,13-17H,8-9H2,1-4H3. The van der Waals surface area contributed by atoms with E-state index in [1.54, 1.807) is 0 Å². The molecule has 0 aromatic heterocycles. The van der Waals surface area contributed by atoms with Crippen LogP contribution < -0.4 is 10.5 Å². The summed E-state index contributed by atoms with van der Waals surface area (Å²) in [5.41, 5.74) is 0.818. The molecule has 1 rings (SSSR count). The van der Waals surface area contributed by atoms with E-state index in [9.17, 15) is 10.2 Å². The molecular formula is C14H25NO2Si. The van der Waals surface area contributed by atoms with Crippen molar-refractivity contribution >= 4 is 13.3 Å². The van der Waals surface area contributed by atoms with Gasteiger partial charge in [0.25, 0.3) is 0 Å². The van der Waals surface area contributed by atoms with Crippen molar-refractivity contribution in [2.45, 2.75) is 38.3 Å². The molecule has 0 aliphatic heterocycles. The number of aliphatic hydroxyl groups is 2. The van der Waals surface area contributed by atoms with E-state index in [1.165, 1.54) is 5.19 Å². The lowest BCUT2D eigenvalue weighted by molar-refractivity contribution is 0.0141. The Labute approximate surface area is 111 Å². The van der Waals surface area contributed by atoms with Crippen LogP contribution in [-0.4, -0.2) is 38.0 Å². The van der Waals surface area contributed by atoms with Gasteiger partial charge in [0.2, 0.25) is 0 Å². The molecule has 0 spiro atoms. The zero-order chi connectivity index (χ0) is 13.8. The normalized spacial score (nSPS) is 15.4. The Hall–Kier alpha value is -0.683. The van der Waals surface area contributed by atoms with Crippen LogP contribution >= 0.6 is 0 Å². The van der Waals surface area contributed by atoms with E-state index in [-0.39, 0.29) is 0 Å². The molecule has 0 aliphatic rings. The van der Waals surface area contributed by atoms with E-state index in [1.807, 2.05) is 25.2 Å². The summed E-state index contributed by atoms with van der Waals surface area (Å²) < 4.78 is 0. The van der Waals surface area contributed by atoms with Gasteiger partial charge in [-0.3, -0.25) is 0 Å². The first-order valence-electron chi connectivity index (χ1n) is 6.47. The van der Waals surface area contributed by atoms with Crippen molar-refractivity contribution in [1.29, 1.82) is 0 Å². The average Bonchev–Trinajstić information content (AvgIpc) is 2.34. The highest BCUT2D eigenvalue weighted by Gasteiger charge is 2.21. The predicted octanol–water partition coefficient (Wildman–Crippen LogP) is 1.24. The second kappa shape index (κ2) is 6.47. The minimum Gasteiger partial charge on any atom is -0.390 e. The number of nitrogens with one attached hydrogen (secondary N) is 1. The number of benzene rings is 1. The third-order valence-corrected chi connectivity index (χ3v) is 5.19. The van der Waals surface area contributed by atoms with Crippen molar-refractivity contribution < 1.29 is 10.2 Å². The van der Waals surface area contributed by atoms with E-state index in [0.717, 1.165) is 5.56 Å². The smallest absolute Gasteiger partial charge is 0.105 e. The predicted molar refractivity (Wildman–Crippen MR) is 78.9 cm³/mol. The van der Waals surface area contributed by atoms with Crippen LogP contribution in [0.25, 0.3) is 0 Å². The summed E-state index contributed by atoms with van der Waals surface area (Å²) in [6.45, 7) is 7.52. The van der Waals surface area contributed by atoms with E-state index >= 15 is 0 Å². The monoisotopic (exact) mass is 267 g/mol. The summed E-state index contributed by atoms with van der Waals surface area (Å²) in [6, 6.07) is 8.01. The second-order valence-corrected chi connectivity index (χ2v) is 10.9. The van der Waals surface area contributed by atoms with Gasteiger partial charge in [-0.2, -0.15) is 0 Å². The van der Waals surface area contributed by atoms with Gasteiger partial charge in [-0.15, -0.1) is 0 Å². The van der Waals surface area contributed by atoms with Gasteiger partial charge in [0.05, 0.1) is 14.2 Å². The van der Waals surface area contributed by atoms with Gasteiger partial charge < -0.3 is 15.5 Å². The lowest BCUT2D eigenvalue weighted by Gasteiger charge is -2.22. The Bertz CT molecular complexity index is 376. The molecule has 3 nitrogen and oxygen atoms in total. The zero-order valence-corrected chi connectivity index (χ0v) is 12.8. The highest BCUT2D eigenvalue weighted by molar-refractivity contribution is 6.88. The molecule has 0 fully saturated rings. The fraction of sp³-hybridized carbons (Fsp3) is 0.571. The number of aliphatic hydroxyl groups excluding tert-OH is 2. The van der Waals surface area contributed by atoms with E-state index < -0.39 is 20.3 Å². The molecule has 1 aromatic rings. The van der Waals surface area contributed by atoms with Gasteiger partial charge >= 0.3 is 0 Å². The molecule has 2 atom stereocenters. The van der Waals surface area contributed by atoms with Crippen LogP contribution in [0.4, 0.5) is 0 Å². The number of hydrogen-bond donors (Lipinski definition) is 3. The Morgan fingerprint density at radius 3 is 2.44 bits per heavy atom. The molecule has 0 aliphatic carbocycles. The molecular weight excluding hydrogens is 242 g/mol. The highest BCUT2D eigenvalue weighted by atomic mass is 28.3. The fourth-order valence-corrected chi connectivity index (χ4v) is 3.06. The molecule has 0 saturated heterocycles. The van der Waals surface area contributed by atoms with Gasteiger partial charge in [-0.05, 0) is 25.6 Å². The van der Waals surface area contributed by atoms with Crippen LogP contribution in [0.2, 0.25) is 19.6 Å². The van der Waals surface area contributed by atoms with Crippen LogP contribution in [0, 0.1) is 0 Å². The van der Waals surface area contributed by atoms with Gasteiger partial charge in [-0.25, -0.2) is 0 Å². The molecule has 0 amide bonds. The summed E-state index contributed by atoms with van der Waals surface area (Å²) in [6.07, 6.45) is -0.960. The van der Waals surface area contributed by atoms with E-state index in [2.05, 4.69) is 31.0 Å². The Balaban J connectivity index is 2.83. The van der Waals surface area contributed by atoms with Gasteiger partial charge in [0.15, 0.2) is 0 Å². The van der Waals surface area contributed by atoms with Crippen molar-refractivity contribution in [2.75, 3.05) is 13.6 Å². The van der Waals surface area contributed by atoms with Crippen LogP contribution in [0.15, 0.2) is 24.3 Å². The topological polar surface area (TPSA) is 52.5 Å². The van der Waals surface area contributed by atoms with Crippen molar-refractivity contribution in [3.8, 4) is 0 Å². The summed E-state index contributed by atoms with van der Waals surface area (Å²) in [7, 11) is 0.462. The van der Waals surface area contributed by atoms with E-state index in [0.29, 0.717) is 13.0 Å². The molecule has 102 valence electrons. The summed E-state index contributed by atoms with van der Waals surface area (Å²) >= 11 is 0. The molecule has 3 N–H and O–H groups in total. The summed E-state index contributed by atoms with van der Waals surface area (Å²) in [5, 5.41) is 24.3. The molecule has 0 saturated carbocycles. The maximum Gasteiger partial charge on any atom is 0.105 e. The van der Waals surface area contributed by atoms with Crippen molar-refractivity contribution in [1.82, 2.24) is 5.32 Å². The zero-order valence-electron chi connectivity index (χ0n) is 11.8. The SMILES string of the molecule is CNCCC(O)C(O)c1cccc([Si](C)(C)C)c1. The molecule has 0 bridgehead atoms. The lowest BCUT2D eigenvalue weighted by atomic mass is 10.0. The third-order valence-electron chi connectivity index (χ3n) is 3.15. The van der Waals surface area contributed by atoms with Crippen LogP contribution in [0.1, 0.15) is 18.1 Å². The first-order valence-corrected chi connectivity index (χ1v) is 9.97. The minimum absolute atomic E-state index is 0.550. The highest BCUT2D eigenvalue weighted by Crippen LogP contribution is 2.18. The maximum absolute atomic E-state index is 10.1. The molecule has 0 radical (unpaired) electrons. The van der Waals surface area contributed by atoms with Gasteiger partial charge in [0, 0.05) is 0 Å². The first-order chi connectivity index (χ1) is 8.36. The quantitative estimate of drug-likeness (QED) is 0.680. The summed E-state index contributed by atoms with van der Waals surface area (Å²) in [5.74, 6) is 0. The maximum atomic E-state index is 10.1. The van der Waals surface area contributed by atoms with Crippen LogP contribution in [-0.2, 0) is 0 Å². The molecule has 4 heteroatoms. The second-order valence-electron chi connectivity index (χ2n) is 5.78. The Morgan fingerprint density at radius 1 is 1.22 bits per heavy atom. The third kappa shape index (κ3) is 4.21. The van der Waals surface area contributed by atoms with Crippen molar-refractivity contribution in [3.05, 3.63) is 29.8 Å². The summed E-state index contributed by atoms with van der Waals surface area (Å²) in [4.78, 5) is 0. The number of rotatable bonds is 6. The number of hydrogen-bond acceptors (Lipinski definition) is 3. The van der Waals surface area contributed by atoms with Crippen molar-refractivity contribution in [2.24, 2.45) is 0 Å². The Morgan fingerprint density at radius 2 is 1.89 bits per heavy atom. The van der Waals surface area contributed by atoms with Crippen molar-refractivity contribution in [3.63, 3.8) is 0 Å². The average molecular weight is 267 g/mol. The van der Waals surface area contributed by atoms with Gasteiger partial charge in [-0.1, -0.05) is 49.1 Å². The first kappa shape index (κ1) is 15.4. The molecule has 18 heavy (non-hydrogen) atoms.